The maximum Gasteiger partial charge on any atom is 0.327 e. The van der Waals surface area contributed by atoms with Crippen molar-refractivity contribution in [2.24, 2.45) is 0 Å². The molecule has 5 nitrogen and oxygen atoms in total. The van der Waals surface area contributed by atoms with Gasteiger partial charge in [-0.05, 0) is 6.92 Å². The monoisotopic (exact) mass is 217 g/mol. The first-order valence-electron chi connectivity index (χ1n) is 4.05. The molecule has 0 aliphatic carbocycles. The molecule has 0 aromatic rings. The minimum atomic E-state index is -1.07. The van der Waals surface area contributed by atoms with Crippen molar-refractivity contribution in [2.75, 3.05) is 5.75 Å². The van der Waals surface area contributed by atoms with Crippen LogP contribution in [0.1, 0.15) is 13.8 Å². The summed E-state index contributed by atoms with van der Waals surface area (Å²) < 4.78 is 0. The summed E-state index contributed by atoms with van der Waals surface area (Å²) in [6.45, 7) is 2.82. The highest BCUT2D eigenvalue weighted by Crippen LogP contribution is 2.37. The molecular formula is C8H11NO4S. The molecule has 1 aliphatic heterocycles. The number of carboxylic acids is 1. The van der Waals surface area contributed by atoms with Crippen LogP contribution in [0.15, 0.2) is 0 Å². The first kappa shape index (κ1) is 11.0. The summed E-state index contributed by atoms with van der Waals surface area (Å²) in [5.41, 5.74) is 0. The third-order valence-corrected chi connectivity index (χ3v) is 3.53. The van der Waals surface area contributed by atoms with Crippen molar-refractivity contribution in [1.82, 2.24) is 4.90 Å². The van der Waals surface area contributed by atoms with Crippen LogP contribution in [0.3, 0.4) is 0 Å². The summed E-state index contributed by atoms with van der Waals surface area (Å²) in [5, 5.41) is 8.84. The van der Waals surface area contributed by atoms with Gasteiger partial charge in [-0.1, -0.05) is 0 Å². The minimum Gasteiger partial charge on any atom is -0.480 e. The summed E-state index contributed by atoms with van der Waals surface area (Å²) in [7, 11) is 0. The number of carboxylic acid groups (broad SMARTS) is 1. The molecule has 78 valence electrons. The number of nitrogens with zero attached hydrogens (tertiary/aromatic N) is 1. The lowest BCUT2D eigenvalue weighted by Crippen LogP contribution is -2.51. The summed E-state index contributed by atoms with van der Waals surface area (Å²) in [4.78, 5) is 32.9. The van der Waals surface area contributed by atoms with Crippen LogP contribution in [0.25, 0.3) is 0 Å². The van der Waals surface area contributed by atoms with Crippen molar-refractivity contribution in [3.05, 3.63) is 0 Å². The molecule has 0 radical (unpaired) electrons. The van der Waals surface area contributed by atoms with Gasteiger partial charge in [0, 0.05) is 12.7 Å². The van der Waals surface area contributed by atoms with Crippen LogP contribution in [-0.2, 0) is 14.4 Å². The van der Waals surface area contributed by atoms with Crippen LogP contribution in [0.4, 0.5) is 0 Å². The van der Waals surface area contributed by atoms with Gasteiger partial charge in [0.2, 0.25) is 5.91 Å². The van der Waals surface area contributed by atoms with E-state index in [9.17, 15) is 14.4 Å². The van der Waals surface area contributed by atoms with Gasteiger partial charge in [-0.2, -0.15) is 0 Å². The molecule has 2 unspecified atom stereocenters. The number of hydrogen-bond donors (Lipinski definition) is 1. The highest BCUT2D eigenvalue weighted by molar-refractivity contribution is 8.01. The Morgan fingerprint density at radius 2 is 2.21 bits per heavy atom. The molecule has 0 saturated carbocycles. The topological polar surface area (TPSA) is 74.7 Å². The molecule has 1 rings (SSSR count). The number of thioether (sulfide) groups is 1. The fourth-order valence-electron chi connectivity index (χ4n) is 1.51. The van der Waals surface area contributed by atoms with E-state index >= 15 is 0 Å². The lowest BCUT2D eigenvalue weighted by molar-refractivity contribution is -0.150. The average Bonchev–Trinajstić information content (AvgIpc) is 2.44. The molecule has 1 aliphatic rings. The van der Waals surface area contributed by atoms with Gasteiger partial charge in [0.15, 0.2) is 6.29 Å². The Kier molecular flexibility index (Phi) is 2.84. The average molecular weight is 217 g/mol. The fraction of sp³-hybridized carbons (Fsp3) is 0.625. The molecule has 2 atom stereocenters. The van der Waals surface area contributed by atoms with Crippen molar-refractivity contribution < 1.29 is 19.5 Å². The number of rotatable bonds is 2. The van der Waals surface area contributed by atoms with E-state index in [2.05, 4.69) is 0 Å². The van der Waals surface area contributed by atoms with Crippen LogP contribution in [0.5, 0.6) is 0 Å². The van der Waals surface area contributed by atoms with Crippen molar-refractivity contribution in [3.8, 4) is 0 Å². The molecule has 6 heteroatoms. The predicted molar refractivity (Wildman–Crippen MR) is 50.9 cm³/mol. The molecule has 1 fully saturated rings. The van der Waals surface area contributed by atoms with Crippen molar-refractivity contribution >= 4 is 29.9 Å². The molecule has 1 saturated heterocycles. The summed E-state index contributed by atoms with van der Waals surface area (Å²) in [6.07, 6.45) is 0.613. The smallest absolute Gasteiger partial charge is 0.327 e. The zero-order valence-corrected chi connectivity index (χ0v) is 8.71. The first-order chi connectivity index (χ1) is 6.42. The van der Waals surface area contributed by atoms with Gasteiger partial charge in [0.1, 0.15) is 10.9 Å². The Bertz CT molecular complexity index is 293. The molecule has 0 bridgehead atoms. The Labute approximate surface area is 85.4 Å². The van der Waals surface area contributed by atoms with Crippen molar-refractivity contribution in [2.45, 2.75) is 24.8 Å². The van der Waals surface area contributed by atoms with Crippen LogP contribution in [0, 0.1) is 0 Å². The number of carbonyl (C=O) groups excluding carboxylic acids is 2. The largest absolute Gasteiger partial charge is 0.480 e. The number of aldehydes is 1. The Morgan fingerprint density at radius 1 is 1.64 bits per heavy atom. The first-order valence-corrected chi connectivity index (χ1v) is 5.04. The van der Waals surface area contributed by atoms with Gasteiger partial charge in [-0.25, -0.2) is 4.79 Å². The van der Waals surface area contributed by atoms with E-state index in [1.807, 2.05) is 0 Å². The highest BCUT2D eigenvalue weighted by Gasteiger charge is 2.48. The van der Waals surface area contributed by atoms with Gasteiger partial charge in [-0.3, -0.25) is 9.59 Å². The standard InChI is InChI=1S/C8H11NO4S/c1-5(11)9-6(7(12)13)3-14-8(9,2)4-10/h4,6H,3H2,1-2H3,(H,12,13). The fourth-order valence-corrected chi connectivity index (χ4v) is 2.76. The molecule has 1 heterocycles. The maximum atomic E-state index is 11.2. The molecule has 0 aromatic carbocycles. The third kappa shape index (κ3) is 1.61. The Balaban J connectivity index is 3.02. The number of aliphatic carboxylic acids is 1. The van der Waals surface area contributed by atoms with E-state index in [4.69, 9.17) is 5.11 Å². The lowest BCUT2D eigenvalue weighted by atomic mass is 10.2. The van der Waals surface area contributed by atoms with Crippen LogP contribution in [0.2, 0.25) is 0 Å². The van der Waals surface area contributed by atoms with Crippen LogP contribution < -0.4 is 0 Å². The molecular weight excluding hydrogens is 206 g/mol. The predicted octanol–water partition coefficient (Wildman–Crippen LogP) is -0.0500. The molecule has 0 spiro atoms. The summed E-state index contributed by atoms with van der Waals surface area (Å²) >= 11 is 1.17. The number of carbonyl (C=O) groups is 3. The third-order valence-electron chi connectivity index (χ3n) is 2.17. The van der Waals surface area contributed by atoms with E-state index in [0.717, 1.165) is 4.90 Å². The van der Waals surface area contributed by atoms with E-state index in [-0.39, 0.29) is 5.75 Å². The molecule has 1 N–H and O–H groups in total. The maximum absolute atomic E-state index is 11.2. The minimum absolute atomic E-state index is 0.254. The molecule has 14 heavy (non-hydrogen) atoms. The zero-order valence-electron chi connectivity index (χ0n) is 7.89. The molecule has 0 aromatic heterocycles. The SMILES string of the molecule is CC(=O)N1C(C(=O)O)CSC1(C)C=O. The zero-order chi connectivity index (χ0) is 10.9. The van der Waals surface area contributed by atoms with Crippen LogP contribution in [-0.4, -0.2) is 44.8 Å². The Hall–Kier alpha value is -1.04. The second-order valence-corrected chi connectivity index (χ2v) is 4.68. The normalized spacial score (nSPS) is 31.6. The number of hydrogen-bond acceptors (Lipinski definition) is 4. The van der Waals surface area contributed by atoms with Crippen LogP contribution >= 0.6 is 11.8 Å². The quantitative estimate of drug-likeness (QED) is 0.656. The van der Waals surface area contributed by atoms with E-state index in [1.165, 1.54) is 18.7 Å². The number of amides is 1. The van der Waals surface area contributed by atoms with Gasteiger partial charge in [0.25, 0.3) is 0 Å². The van der Waals surface area contributed by atoms with E-state index in [0.29, 0.717) is 6.29 Å². The lowest BCUT2D eigenvalue weighted by Gasteiger charge is -2.30. The van der Waals surface area contributed by atoms with Gasteiger partial charge in [-0.15, -0.1) is 11.8 Å². The van der Waals surface area contributed by atoms with E-state index in [1.54, 1.807) is 6.92 Å². The van der Waals surface area contributed by atoms with Gasteiger partial charge in [0.05, 0.1) is 0 Å². The van der Waals surface area contributed by atoms with Crippen molar-refractivity contribution in [3.63, 3.8) is 0 Å². The highest BCUT2D eigenvalue weighted by atomic mass is 32.2. The second kappa shape index (κ2) is 3.61. The molecule has 1 amide bonds. The summed E-state index contributed by atoms with van der Waals surface area (Å²) in [5.74, 6) is -1.21. The van der Waals surface area contributed by atoms with Crippen molar-refractivity contribution in [1.29, 1.82) is 0 Å². The summed E-state index contributed by atoms with van der Waals surface area (Å²) in [6, 6.07) is -0.896. The Morgan fingerprint density at radius 3 is 2.57 bits per heavy atom. The van der Waals surface area contributed by atoms with Gasteiger partial charge < -0.3 is 10.0 Å². The second-order valence-electron chi connectivity index (χ2n) is 3.23. The van der Waals surface area contributed by atoms with E-state index < -0.39 is 22.8 Å². The van der Waals surface area contributed by atoms with Gasteiger partial charge >= 0.3 is 5.97 Å².